The van der Waals surface area contributed by atoms with E-state index in [4.69, 9.17) is 0 Å². The van der Waals surface area contributed by atoms with E-state index < -0.39 is 0 Å². The maximum absolute atomic E-state index is 12.6. The summed E-state index contributed by atoms with van der Waals surface area (Å²) in [6.07, 6.45) is 0. The molecule has 25 heavy (non-hydrogen) atoms. The van der Waals surface area contributed by atoms with Crippen molar-refractivity contribution in [2.75, 3.05) is 31.1 Å². The molecule has 0 N–H and O–H groups in total. The molecule has 0 spiro atoms. The van der Waals surface area contributed by atoms with Gasteiger partial charge in [-0.3, -0.25) is 4.79 Å². The normalized spacial score (nSPS) is 14.0. The van der Waals surface area contributed by atoms with E-state index in [0.717, 1.165) is 31.7 Å². The van der Waals surface area contributed by atoms with Gasteiger partial charge in [0, 0.05) is 37.4 Å². The van der Waals surface area contributed by atoms with E-state index in [1.54, 1.807) is 0 Å². The molecule has 0 aromatic heterocycles. The summed E-state index contributed by atoms with van der Waals surface area (Å²) in [7, 11) is 0. The van der Waals surface area contributed by atoms with Gasteiger partial charge < -0.3 is 9.80 Å². The summed E-state index contributed by atoms with van der Waals surface area (Å²) in [5.74, 6) is 0.144. The Labute approximate surface area is 152 Å². The number of anilines is 1. The Morgan fingerprint density at radius 1 is 0.800 bits per heavy atom. The van der Waals surface area contributed by atoms with Gasteiger partial charge in [0.05, 0.1) is 0 Å². The highest BCUT2D eigenvalue weighted by Gasteiger charge is 2.22. The van der Waals surface area contributed by atoms with Crippen LogP contribution in [0.5, 0.6) is 0 Å². The van der Waals surface area contributed by atoms with Crippen LogP contribution in [0.4, 0.5) is 5.69 Å². The van der Waals surface area contributed by atoms with Crippen LogP contribution >= 0.6 is 0 Å². The zero-order valence-corrected chi connectivity index (χ0v) is 16.2. The SMILES string of the molecule is CC.Cc1ccc(C(=O)N2CCN(c3ccc(C)cc3C)CC2)cc1. The minimum absolute atomic E-state index is 0.144. The van der Waals surface area contributed by atoms with E-state index in [9.17, 15) is 4.79 Å². The van der Waals surface area contributed by atoms with Gasteiger partial charge >= 0.3 is 0 Å². The van der Waals surface area contributed by atoms with Crippen LogP contribution < -0.4 is 4.90 Å². The molecule has 1 saturated heterocycles. The first kappa shape index (κ1) is 19.0. The molecule has 1 aliphatic rings. The van der Waals surface area contributed by atoms with E-state index in [1.807, 2.05) is 49.9 Å². The lowest BCUT2D eigenvalue weighted by atomic mass is 10.1. The van der Waals surface area contributed by atoms with Crippen LogP contribution in [-0.2, 0) is 0 Å². The lowest BCUT2D eigenvalue weighted by Gasteiger charge is -2.37. The first-order valence-electron chi connectivity index (χ1n) is 9.23. The molecule has 0 unspecified atom stereocenters. The molecule has 0 bridgehead atoms. The maximum atomic E-state index is 12.6. The fourth-order valence-electron chi connectivity index (χ4n) is 3.19. The van der Waals surface area contributed by atoms with Crippen LogP contribution in [0.2, 0.25) is 0 Å². The summed E-state index contributed by atoms with van der Waals surface area (Å²) >= 11 is 0. The first-order chi connectivity index (χ1) is 12.0. The predicted molar refractivity (Wildman–Crippen MR) is 107 cm³/mol. The summed E-state index contributed by atoms with van der Waals surface area (Å²) in [4.78, 5) is 16.9. The molecule has 1 aliphatic heterocycles. The van der Waals surface area contributed by atoms with Gasteiger partial charge in [0.2, 0.25) is 0 Å². The predicted octanol–water partition coefficient (Wildman–Crippen LogP) is 4.60. The molecule has 0 aliphatic carbocycles. The average molecular weight is 338 g/mol. The number of nitrogens with zero attached hydrogens (tertiary/aromatic N) is 2. The minimum Gasteiger partial charge on any atom is -0.368 e. The molecule has 0 radical (unpaired) electrons. The van der Waals surface area contributed by atoms with Crippen molar-refractivity contribution in [3.8, 4) is 0 Å². The minimum atomic E-state index is 0.144. The van der Waals surface area contributed by atoms with Crippen LogP contribution in [0.1, 0.15) is 40.9 Å². The van der Waals surface area contributed by atoms with Gasteiger partial charge in [-0.05, 0) is 44.5 Å². The van der Waals surface area contributed by atoms with Crippen molar-refractivity contribution >= 4 is 11.6 Å². The van der Waals surface area contributed by atoms with Gasteiger partial charge in [-0.15, -0.1) is 0 Å². The number of rotatable bonds is 2. The Balaban J connectivity index is 0.00000109. The fourth-order valence-corrected chi connectivity index (χ4v) is 3.19. The van der Waals surface area contributed by atoms with Crippen molar-refractivity contribution in [2.45, 2.75) is 34.6 Å². The Morgan fingerprint density at radius 2 is 1.36 bits per heavy atom. The molecular formula is C22H30N2O. The molecular weight excluding hydrogens is 308 g/mol. The van der Waals surface area contributed by atoms with Gasteiger partial charge in [-0.25, -0.2) is 0 Å². The second-order valence-electron chi connectivity index (χ2n) is 6.44. The molecule has 134 valence electrons. The second-order valence-corrected chi connectivity index (χ2v) is 6.44. The molecule has 0 saturated carbocycles. The maximum Gasteiger partial charge on any atom is 0.253 e. The molecule has 1 heterocycles. The largest absolute Gasteiger partial charge is 0.368 e. The quantitative estimate of drug-likeness (QED) is 0.799. The number of hydrogen-bond acceptors (Lipinski definition) is 2. The van der Waals surface area contributed by atoms with E-state index in [0.29, 0.717) is 0 Å². The molecule has 1 fully saturated rings. The van der Waals surface area contributed by atoms with Gasteiger partial charge in [-0.1, -0.05) is 49.2 Å². The zero-order valence-electron chi connectivity index (χ0n) is 16.2. The van der Waals surface area contributed by atoms with E-state index in [-0.39, 0.29) is 5.91 Å². The van der Waals surface area contributed by atoms with Gasteiger partial charge in [0.1, 0.15) is 0 Å². The summed E-state index contributed by atoms with van der Waals surface area (Å²) in [6, 6.07) is 14.4. The lowest BCUT2D eigenvalue weighted by molar-refractivity contribution is 0.0747. The topological polar surface area (TPSA) is 23.6 Å². The monoisotopic (exact) mass is 338 g/mol. The van der Waals surface area contributed by atoms with Gasteiger partial charge in [0.25, 0.3) is 5.91 Å². The first-order valence-corrected chi connectivity index (χ1v) is 9.23. The molecule has 3 nitrogen and oxygen atoms in total. The number of hydrogen-bond donors (Lipinski definition) is 0. The van der Waals surface area contributed by atoms with E-state index >= 15 is 0 Å². The molecule has 1 amide bonds. The highest BCUT2D eigenvalue weighted by atomic mass is 16.2. The summed E-state index contributed by atoms with van der Waals surface area (Å²) in [5, 5.41) is 0. The highest BCUT2D eigenvalue weighted by Crippen LogP contribution is 2.23. The van der Waals surface area contributed by atoms with Gasteiger partial charge in [0.15, 0.2) is 0 Å². The number of carbonyl (C=O) groups is 1. The Bertz CT molecular complexity index is 698. The second kappa shape index (κ2) is 8.70. The standard InChI is InChI=1S/C20H24N2O.C2H6/c1-15-4-7-18(8-5-15)20(23)22-12-10-21(11-13-22)19-9-6-16(2)14-17(19)3;1-2/h4-9,14H,10-13H2,1-3H3;1-2H3. The Hall–Kier alpha value is -2.29. The highest BCUT2D eigenvalue weighted by molar-refractivity contribution is 5.94. The fraction of sp³-hybridized carbons (Fsp3) is 0.409. The number of aryl methyl sites for hydroxylation is 3. The van der Waals surface area contributed by atoms with Crippen LogP contribution in [0.25, 0.3) is 0 Å². The third-order valence-corrected chi connectivity index (χ3v) is 4.56. The van der Waals surface area contributed by atoms with Crippen molar-refractivity contribution < 1.29 is 4.79 Å². The number of benzene rings is 2. The Morgan fingerprint density at radius 3 is 1.92 bits per heavy atom. The van der Waals surface area contributed by atoms with Crippen molar-refractivity contribution in [3.05, 3.63) is 64.7 Å². The van der Waals surface area contributed by atoms with Gasteiger partial charge in [-0.2, -0.15) is 0 Å². The molecule has 0 atom stereocenters. The molecule has 2 aromatic rings. The van der Waals surface area contributed by atoms with Crippen molar-refractivity contribution in [3.63, 3.8) is 0 Å². The third-order valence-electron chi connectivity index (χ3n) is 4.56. The van der Waals surface area contributed by atoms with Crippen LogP contribution in [0, 0.1) is 20.8 Å². The van der Waals surface area contributed by atoms with Crippen molar-refractivity contribution in [1.82, 2.24) is 4.90 Å². The zero-order chi connectivity index (χ0) is 18.4. The molecule has 3 heteroatoms. The van der Waals surface area contributed by atoms with Crippen LogP contribution in [-0.4, -0.2) is 37.0 Å². The number of amides is 1. The summed E-state index contributed by atoms with van der Waals surface area (Å²) in [6.45, 7) is 13.7. The number of piperazine rings is 1. The van der Waals surface area contributed by atoms with Crippen LogP contribution in [0.15, 0.2) is 42.5 Å². The van der Waals surface area contributed by atoms with Crippen molar-refractivity contribution in [2.24, 2.45) is 0 Å². The summed E-state index contributed by atoms with van der Waals surface area (Å²) < 4.78 is 0. The number of carbonyl (C=O) groups excluding carboxylic acids is 1. The smallest absolute Gasteiger partial charge is 0.253 e. The Kier molecular flexibility index (Phi) is 6.63. The van der Waals surface area contributed by atoms with Crippen LogP contribution in [0.3, 0.4) is 0 Å². The van der Waals surface area contributed by atoms with E-state index in [1.165, 1.54) is 22.4 Å². The average Bonchev–Trinajstić information content (AvgIpc) is 2.64. The summed E-state index contributed by atoms with van der Waals surface area (Å²) in [5.41, 5.74) is 5.86. The third kappa shape index (κ3) is 4.62. The van der Waals surface area contributed by atoms with E-state index in [2.05, 4.69) is 36.9 Å². The van der Waals surface area contributed by atoms with Crippen molar-refractivity contribution in [1.29, 1.82) is 0 Å². The molecule has 2 aromatic carbocycles. The lowest BCUT2D eigenvalue weighted by Crippen LogP contribution is -2.49. The molecule has 3 rings (SSSR count).